The van der Waals surface area contributed by atoms with Gasteiger partial charge in [-0.15, -0.1) is 0 Å². The SMILES string of the molecule is CCCCCCCCCCCC/C=C/CCCCCCCCCC[N+](CCCC(=O)[O-])(CCCC(=O)O)CCCC(=O)O. The number of aliphatic carboxylic acids is 3. The van der Waals surface area contributed by atoms with Crippen LogP contribution in [-0.4, -0.2) is 58.8 Å². The summed E-state index contributed by atoms with van der Waals surface area (Å²) in [6.45, 7) is 5.04. The topological polar surface area (TPSA) is 115 Å². The van der Waals surface area contributed by atoms with Crippen LogP contribution < -0.4 is 5.11 Å². The molecule has 0 aromatic carbocycles. The van der Waals surface area contributed by atoms with Gasteiger partial charge in [0, 0.05) is 25.2 Å². The molecule has 0 atom stereocenters. The van der Waals surface area contributed by atoms with E-state index in [2.05, 4.69) is 19.1 Å². The highest BCUT2D eigenvalue weighted by Crippen LogP contribution is 2.19. The largest absolute Gasteiger partial charge is 0.550 e. The zero-order chi connectivity index (χ0) is 31.9. The Labute approximate surface area is 264 Å². The lowest BCUT2D eigenvalue weighted by molar-refractivity contribution is -0.929. The molecule has 7 nitrogen and oxygen atoms in total. The summed E-state index contributed by atoms with van der Waals surface area (Å²) in [7, 11) is 0. The van der Waals surface area contributed by atoms with Crippen LogP contribution in [-0.2, 0) is 14.4 Å². The number of unbranched alkanes of at least 4 members (excludes halogenated alkanes) is 18. The molecule has 252 valence electrons. The molecule has 0 aliphatic heterocycles. The van der Waals surface area contributed by atoms with Gasteiger partial charge in [-0.2, -0.15) is 0 Å². The summed E-state index contributed by atoms with van der Waals surface area (Å²) in [4.78, 5) is 33.1. The van der Waals surface area contributed by atoms with Crippen molar-refractivity contribution in [3.05, 3.63) is 12.2 Å². The first-order chi connectivity index (χ1) is 20.8. The molecule has 7 heteroatoms. The lowest BCUT2D eigenvalue weighted by Crippen LogP contribution is -2.51. The maximum absolute atomic E-state index is 11.1. The smallest absolute Gasteiger partial charge is 0.303 e. The average Bonchev–Trinajstić information content (AvgIpc) is 2.95. The summed E-state index contributed by atoms with van der Waals surface area (Å²) in [5.41, 5.74) is 0. The minimum Gasteiger partial charge on any atom is -0.550 e. The van der Waals surface area contributed by atoms with Gasteiger partial charge >= 0.3 is 11.9 Å². The van der Waals surface area contributed by atoms with Gasteiger partial charge in [-0.1, -0.05) is 109 Å². The van der Waals surface area contributed by atoms with Crippen LogP contribution in [0.25, 0.3) is 0 Å². The normalized spacial score (nSPS) is 11.8. The molecule has 0 saturated carbocycles. The highest BCUT2D eigenvalue weighted by molar-refractivity contribution is 5.66. The molecule has 0 fully saturated rings. The number of carbonyl (C=O) groups is 3. The first kappa shape index (κ1) is 41.1. The van der Waals surface area contributed by atoms with E-state index in [0.717, 1.165) is 19.4 Å². The Bertz CT molecular complexity index is 658. The fourth-order valence-corrected chi connectivity index (χ4v) is 6.12. The Balaban J connectivity index is 4.02. The molecular weight excluding hydrogens is 542 g/mol. The van der Waals surface area contributed by atoms with Gasteiger partial charge in [-0.25, -0.2) is 0 Å². The summed E-state index contributed by atoms with van der Waals surface area (Å²) < 4.78 is 0.612. The van der Waals surface area contributed by atoms with E-state index in [1.807, 2.05) is 0 Å². The van der Waals surface area contributed by atoms with Crippen LogP contribution in [0, 0.1) is 0 Å². The molecule has 2 N–H and O–H groups in total. The van der Waals surface area contributed by atoms with Crippen molar-refractivity contribution < 1.29 is 34.2 Å². The highest BCUT2D eigenvalue weighted by atomic mass is 16.4. The number of carbonyl (C=O) groups excluding carboxylic acids is 1. The van der Waals surface area contributed by atoms with Crippen LogP contribution in [0.2, 0.25) is 0 Å². The van der Waals surface area contributed by atoms with Crippen molar-refractivity contribution in [2.24, 2.45) is 0 Å². The number of quaternary nitrogens is 1. The zero-order valence-corrected chi connectivity index (χ0v) is 27.8. The summed E-state index contributed by atoms with van der Waals surface area (Å²) in [5, 5.41) is 29.2. The van der Waals surface area contributed by atoms with E-state index in [1.54, 1.807) is 0 Å². The number of carboxylic acids is 3. The van der Waals surface area contributed by atoms with Crippen LogP contribution in [0.5, 0.6) is 0 Å². The Hall–Kier alpha value is -1.89. The number of allylic oxidation sites excluding steroid dienone is 2. The molecule has 0 radical (unpaired) electrons. The van der Waals surface area contributed by atoms with Crippen LogP contribution in [0.15, 0.2) is 12.2 Å². The Morgan fingerprint density at radius 2 is 0.814 bits per heavy atom. The van der Waals surface area contributed by atoms with E-state index in [-0.39, 0.29) is 19.3 Å². The van der Waals surface area contributed by atoms with Crippen molar-refractivity contribution in [1.29, 1.82) is 0 Å². The van der Waals surface area contributed by atoms with E-state index < -0.39 is 17.9 Å². The number of nitrogens with zero attached hydrogens (tertiary/aromatic N) is 1. The molecule has 0 amide bonds. The van der Waals surface area contributed by atoms with Crippen LogP contribution >= 0.6 is 0 Å². The third-order valence-electron chi connectivity index (χ3n) is 8.70. The van der Waals surface area contributed by atoms with Gasteiger partial charge in [-0.3, -0.25) is 9.59 Å². The fraction of sp³-hybridized carbons (Fsp3) is 0.861. The van der Waals surface area contributed by atoms with E-state index in [9.17, 15) is 19.5 Å². The number of hydrogen-bond acceptors (Lipinski definition) is 4. The minimum atomic E-state index is -1.07. The monoisotopic (exact) mass is 609 g/mol. The molecule has 0 aromatic rings. The van der Waals surface area contributed by atoms with Crippen LogP contribution in [0.1, 0.15) is 174 Å². The van der Waals surface area contributed by atoms with Crippen molar-refractivity contribution in [3.63, 3.8) is 0 Å². The van der Waals surface area contributed by atoms with Crippen molar-refractivity contribution in [2.75, 3.05) is 26.2 Å². The molecule has 0 bridgehead atoms. The second-order valence-corrected chi connectivity index (χ2v) is 12.8. The summed E-state index contributed by atoms with van der Waals surface area (Å²) in [6.07, 6.45) is 32.3. The summed E-state index contributed by atoms with van der Waals surface area (Å²) >= 11 is 0. The molecule has 0 rings (SSSR count). The van der Waals surface area contributed by atoms with E-state index >= 15 is 0 Å². The van der Waals surface area contributed by atoms with Gasteiger partial charge in [0.05, 0.1) is 39.0 Å². The number of rotatable bonds is 34. The molecule has 0 saturated heterocycles. The standard InChI is InChI=1S/C36H67NO6/c1-2-3-4-5-6-7-8-9-10-11-12-13-14-15-16-17-18-19-20-21-22-23-30-37(31-24-27-34(38)39,32-25-28-35(40)41)33-26-29-36(42)43/h13-14H,2-12,15-33H2,1H3,(H2-,38,39,40,41,42,43)/b14-13+. The van der Waals surface area contributed by atoms with Gasteiger partial charge in [0.25, 0.3) is 0 Å². The minimum absolute atomic E-state index is 0.0208. The van der Waals surface area contributed by atoms with Gasteiger partial charge in [0.2, 0.25) is 0 Å². The average molecular weight is 610 g/mol. The second-order valence-electron chi connectivity index (χ2n) is 12.8. The maximum Gasteiger partial charge on any atom is 0.303 e. The molecule has 0 unspecified atom stereocenters. The van der Waals surface area contributed by atoms with Crippen molar-refractivity contribution in [3.8, 4) is 0 Å². The molecule has 0 heterocycles. The molecule has 43 heavy (non-hydrogen) atoms. The van der Waals surface area contributed by atoms with Gasteiger partial charge in [0.15, 0.2) is 0 Å². The lowest BCUT2D eigenvalue weighted by Gasteiger charge is -2.39. The van der Waals surface area contributed by atoms with E-state index in [4.69, 9.17) is 10.2 Å². The Morgan fingerprint density at radius 1 is 0.488 bits per heavy atom. The first-order valence-electron chi connectivity index (χ1n) is 17.9. The molecule has 0 aromatic heterocycles. The molecule has 0 aliphatic carbocycles. The number of hydrogen-bond donors (Lipinski definition) is 2. The third-order valence-corrected chi connectivity index (χ3v) is 8.70. The summed E-state index contributed by atoms with van der Waals surface area (Å²) in [5.74, 6) is -2.74. The molecule has 0 aliphatic rings. The predicted octanol–water partition coefficient (Wildman–Crippen LogP) is 8.44. The predicted molar refractivity (Wildman–Crippen MR) is 175 cm³/mol. The van der Waals surface area contributed by atoms with Gasteiger partial charge in [-0.05, 0) is 44.9 Å². The van der Waals surface area contributed by atoms with Crippen molar-refractivity contribution in [1.82, 2.24) is 0 Å². The summed E-state index contributed by atoms with van der Waals surface area (Å²) in [6, 6.07) is 0. The van der Waals surface area contributed by atoms with Gasteiger partial charge in [0.1, 0.15) is 0 Å². The molecule has 0 spiro atoms. The first-order valence-corrected chi connectivity index (χ1v) is 17.9. The highest BCUT2D eigenvalue weighted by Gasteiger charge is 2.26. The second kappa shape index (κ2) is 30.1. The zero-order valence-electron chi connectivity index (χ0n) is 27.8. The Morgan fingerprint density at radius 3 is 1.19 bits per heavy atom. The quantitative estimate of drug-likeness (QED) is 0.0430. The van der Waals surface area contributed by atoms with Crippen molar-refractivity contribution >= 4 is 17.9 Å². The third kappa shape index (κ3) is 29.9. The maximum atomic E-state index is 11.1. The van der Waals surface area contributed by atoms with Gasteiger partial charge < -0.3 is 24.6 Å². The number of carboxylic acid groups (broad SMARTS) is 3. The fourth-order valence-electron chi connectivity index (χ4n) is 6.12. The van der Waals surface area contributed by atoms with E-state index in [0.29, 0.717) is 43.4 Å². The van der Waals surface area contributed by atoms with Crippen LogP contribution in [0.3, 0.4) is 0 Å². The van der Waals surface area contributed by atoms with Crippen LogP contribution in [0.4, 0.5) is 0 Å². The Kier molecular flexibility index (Phi) is 28.8. The molecular formula is C36H67NO6. The van der Waals surface area contributed by atoms with Crippen molar-refractivity contribution in [2.45, 2.75) is 174 Å². The lowest BCUT2D eigenvalue weighted by atomic mass is 10.0. The van der Waals surface area contributed by atoms with E-state index in [1.165, 1.54) is 116 Å².